The second kappa shape index (κ2) is 4.87. The van der Waals surface area contributed by atoms with Gasteiger partial charge in [0.1, 0.15) is 0 Å². The monoisotopic (exact) mass is 184 g/mol. The minimum absolute atomic E-state index is 0.190. The van der Waals surface area contributed by atoms with Gasteiger partial charge >= 0.3 is 0 Å². The quantitative estimate of drug-likeness (QED) is 0.504. The van der Waals surface area contributed by atoms with Crippen LogP contribution in [0.5, 0.6) is 0 Å². The van der Waals surface area contributed by atoms with Gasteiger partial charge in [0.15, 0.2) is 0 Å². The van der Waals surface area contributed by atoms with E-state index in [0.29, 0.717) is 5.70 Å². The number of allylic oxidation sites excluding steroid dienone is 1. The summed E-state index contributed by atoms with van der Waals surface area (Å²) in [4.78, 5) is 16.2. The summed E-state index contributed by atoms with van der Waals surface area (Å²) >= 11 is 0. The van der Waals surface area contributed by atoms with Gasteiger partial charge < -0.3 is 5.73 Å². The van der Waals surface area contributed by atoms with E-state index in [2.05, 4.69) is 5.48 Å². The first kappa shape index (κ1) is 10.1. The lowest BCUT2D eigenvalue weighted by atomic mass is 10.3. The van der Waals surface area contributed by atoms with E-state index in [1.54, 1.807) is 6.92 Å². The van der Waals surface area contributed by atoms with Gasteiger partial charge in [0.2, 0.25) is 0 Å². The Labute approximate surface area is 78.1 Å². The van der Waals surface area contributed by atoms with Crippen molar-refractivity contribution in [2.45, 2.75) is 38.7 Å². The summed E-state index contributed by atoms with van der Waals surface area (Å²) in [6.07, 6.45) is 5.94. The van der Waals surface area contributed by atoms with Crippen LogP contribution in [0.2, 0.25) is 0 Å². The molecule has 4 heteroatoms. The molecule has 4 nitrogen and oxygen atoms in total. The zero-order valence-corrected chi connectivity index (χ0v) is 7.88. The van der Waals surface area contributed by atoms with Crippen LogP contribution >= 0.6 is 0 Å². The molecule has 1 aliphatic carbocycles. The Morgan fingerprint density at radius 2 is 2.15 bits per heavy atom. The molecule has 13 heavy (non-hydrogen) atoms. The molecule has 74 valence electrons. The van der Waals surface area contributed by atoms with Crippen LogP contribution < -0.4 is 11.2 Å². The lowest BCUT2D eigenvalue weighted by molar-refractivity contribution is -0.133. The molecule has 3 N–H and O–H groups in total. The first-order chi connectivity index (χ1) is 6.18. The largest absolute Gasteiger partial charge is 0.402 e. The number of hydrogen-bond donors (Lipinski definition) is 2. The third-order valence-electron chi connectivity index (χ3n) is 1.99. The van der Waals surface area contributed by atoms with Crippen LogP contribution in [0.25, 0.3) is 0 Å². The average molecular weight is 184 g/mol. The Hall–Kier alpha value is -1.03. The molecule has 0 radical (unpaired) electrons. The number of carbonyl (C=O) groups is 1. The standard InChI is InChI=1S/C9H16N2O2/c1-7(10)6-9(12)11-13-8-4-2-3-5-8/h6,8H,2-5,10H2,1H3,(H,11,12)/b7-6-. The van der Waals surface area contributed by atoms with Gasteiger partial charge in [-0.3, -0.25) is 9.63 Å². The van der Waals surface area contributed by atoms with E-state index in [1.807, 2.05) is 0 Å². The molecule has 0 aromatic heterocycles. The van der Waals surface area contributed by atoms with Crippen molar-refractivity contribution in [3.63, 3.8) is 0 Å². The molecule has 1 amide bonds. The average Bonchev–Trinajstić information content (AvgIpc) is 2.51. The molecule has 0 heterocycles. The molecule has 0 aromatic carbocycles. The highest BCUT2D eigenvalue weighted by molar-refractivity contribution is 5.87. The van der Waals surface area contributed by atoms with Crippen LogP contribution in [0.3, 0.4) is 0 Å². The third-order valence-corrected chi connectivity index (χ3v) is 1.99. The Morgan fingerprint density at radius 3 is 2.69 bits per heavy atom. The van der Waals surface area contributed by atoms with Gasteiger partial charge in [-0.25, -0.2) is 5.48 Å². The molecule has 1 aliphatic rings. The minimum Gasteiger partial charge on any atom is -0.402 e. The predicted octanol–water partition coefficient (Wildman–Crippen LogP) is 0.839. The summed E-state index contributed by atoms with van der Waals surface area (Å²) in [5.74, 6) is -0.285. The van der Waals surface area contributed by atoms with Crippen LogP contribution in [-0.4, -0.2) is 12.0 Å². The van der Waals surface area contributed by atoms with E-state index >= 15 is 0 Å². The van der Waals surface area contributed by atoms with Crippen molar-refractivity contribution in [3.8, 4) is 0 Å². The van der Waals surface area contributed by atoms with E-state index in [1.165, 1.54) is 18.9 Å². The number of amides is 1. The van der Waals surface area contributed by atoms with Gasteiger partial charge in [-0.1, -0.05) is 12.8 Å². The smallest absolute Gasteiger partial charge is 0.269 e. The van der Waals surface area contributed by atoms with Crippen LogP contribution in [0.15, 0.2) is 11.8 Å². The number of hydrogen-bond acceptors (Lipinski definition) is 3. The van der Waals surface area contributed by atoms with E-state index < -0.39 is 0 Å². The lowest BCUT2D eigenvalue weighted by Crippen LogP contribution is -2.27. The van der Waals surface area contributed by atoms with Crippen LogP contribution in [0.4, 0.5) is 0 Å². The zero-order valence-electron chi connectivity index (χ0n) is 7.88. The highest BCUT2D eigenvalue weighted by atomic mass is 16.7. The van der Waals surface area contributed by atoms with Crippen molar-refractivity contribution < 1.29 is 9.63 Å². The van der Waals surface area contributed by atoms with E-state index in [4.69, 9.17) is 10.6 Å². The molecule has 0 bridgehead atoms. The fourth-order valence-corrected chi connectivity index (χ4v) is 1.38. The van der Waals surface area contributed by atoms with E-state index in [0.717, 1.165) is 12.8 Å². The van der Waals surface area contributed by atoms with Crippen molar-refractivity contribution in [2.24, 2.45) is 5.73 Å². The van der Waals surface area contributed by atoms with Crippen LogP contribution in [0.1, 0.15) is 32.6 Å². The summed E-state index contributed by atoms with van der Waals surface area (Å²) in [6.45, 7) is 1.66. The molecule has 0 spiro atoms. The van der Waals surface area contributed by atoms with Gasteiger partial charge in [-0.05, 0) is 19.8 Å². The van der Waals surface area contributed by atoms with Crippen LogP contribution in [0, 0.1) is 0 Å². The van der Waals surface area contributed by atoms with Crippen molar-refractivity contribution in [1.82, 2.24) is 5.48 Å². The Kier molecular flexibility index (Phi) is 3.76. The van der Waals surface area contributed by atoms with Gasteiger partial charge in [0, 0.05) is 11.8 Å². The molecule has 1 saturated carbocycles. The predicted molar refractivity (Wildman–Crippen MR) is 49.4 cm³/mol. The maximum atomic E-state index is 11.0. The molecular formula is C9H16N2O2. The topological polar surface area (TPSA) is 64.4 Å². The van der Waals surface area contributed by atoms with E-state index in [9.17, 15) is 4.79 Å². The molecule has 0 aliphatic heterocycles. The lowest BCUT2D eigenvalue weighted by Gasteiger charge is -2.09. The number of carbonyl (C=O) groups excluding carboxylic acids is 1. The van der Waals surface area contributed by atoms with Gasteiger partial charge in [0.05, 0.1) is 6.10 Å². The summed E-state index contributed by atoms with van der Waals surface area (Å²) in [5, 5.41) is 0. The summed E-state index contributed by atoms with van der Waals surface area (Å²) in [6, 6.07) is 0. The van der Waals surface area contributed by atoms with Gasteiger partial charge in [-0.15, -0.1) is 0 Å². The van der Waals surface area contributed by atoms with E-state index in [-0.39, 0.29) is 12.0 Å². The second-order valence-corrected chi connectivity index (χ2v) is 3.38. The minimum atomic E-state index is -0.285. The zero-order chi connectivity index (χ0) is 9.68. The molecule has 0 saturated heterocycles. The Morgan fingerprint density at radius 1 is 1.54 bits per heavy atom. The Balaban J connectivity index is 2.18. The molecular weight excluding hydrogens is 168 g/mol. The van der Waals surface area contributed by atoms with Crippen LogP contribution in [-0.2, 0) is 9.63 Å². The Bertz CT molecular complexity index is 204. The first-order valence-corrected chi connectivity index (χ1v) is 4.58. The number of rotatable bonds is 3. The number of hydroxylamine groups is 1. The number of nitrogens with two attached hydrogens (primary N) is 1. The number of nitrogens with one attached hydrogen (secondary N) is 1. The molecule has 1 fully saturated rings. The van der Waals surface area contributed by atoms with Crippen molar-refractivity contribution in [3.05, 3.63) is 11.8 Å². The molecule has 0 unspecified atom stereocenters. The first-order valence-electron chi connectivity index (χ1n) is 4.58. The SMILES string of the molecule is C/C(N)=C/C(=O)NOC1CCCC1. The maximum Gasteiger partial charge on any atom is 0.269 e. The van der Waals surface area contributed by atoms with Gasteiger partial charge in [0.25, 0.3) is 5.91 Å². The normalized spacial score (nSPS) is 19.0. The third kappa shape index (κ3) is 3.94. The molecule has 1 rings (SSSR count). The molecule has 0 aromatic rings. The van der Waals surface area contributed by atoms with Crippen molar-refractivity contribution >= 4 is 5.91 Å². The highest BCUT2D eigenvalue weighted by Crippen LogP contribution is 2.19. The highest BCUT2D eigenvalue weighted by Gasteiger charge is 2.16. The second-order valence-electron chi connectivity index (χ2n) is 3.38. The van der Waals surface area contributed by atoms with Crippen molar-refractivity contribution in [1.29, 1.82) is 0 Å². The maximum absolute atomic E-state index is 11.0. The summed E-state index contributed by atoms with van der Waals surface area (Å²) < 4.78 is 0. The fraction of sp³-hybridized carbons (Fsp3) is 0.667. The summed E-state index contributed by atoms with van der Waals surface area (Å²) in [5.41, 5.74) is 8.16. The van der Waals surface area contributed by atoms with Crippen molar-refractivity contribution in [2.75, 3.05) is 0 Å². The molecule has 0 atom stereocenters. The van der Waals surface area contributed by atoms with Gasteiger partial charge in [-0.2, -0.15) is 0 Å². The fourth-order valence-electron chi connectivity index (χ4n) is 1.38. The summed E-state index contributed by atoms with van der Waals surface area (Å²) in [7, 11) is 0.